The first kappa shape index (κ1) is 16.2. The molecule has 0 aliphatic carbocycles. The number of amides is 1. The van der Waals surface area contributed by atoms with Crippen LogP contribution < -0.4 is 5.32 Å². The molecule has 0 radical (unpaired) electrons. The van der Waals surface area contributed by atoms with Gasteiger partial charge in [-0.15, -0.1) is 5.10 Å². The molecular formula is C16H11ClFN7O. The maximum absolute atomic E-state index is 13.3. The normalized spacial score (nSPS) is 11.0. The molecule has 3 aromatic heterocycles. The van der Waals surface area contributed by atoms with E-state index in [0.29, 0.717) is 12.3 Å². The lowest BCUT2D eigenvalue weighted by Crippen LogP contribution is -2.15. The van der Waals surface area contributed by atoms with E-state index in [1.54, 1.807) is 36.8 Å². The van der Waals surface area contributed by atoms with Crippen LogP contribution in [0.4, 0.5) is 10.2 Å². The lowest BCUT2D eigenvalue weighted by molar-refractivity contribution is 0.101. The highest BCUT2D eigenvalue weighted by Crippen LogP contribution is 2.20. The summed E-state index contributed by atoms with van der Waals surface area (Å²) < 4.78 is 16.2. The topological polar surface area (TPSA) is 90.0 Å². The fourth-order valence-corrected chi connectivity index (χ4v) is 2.58. The van der Waals surface area contributed by atoms with E-state index in [4.69, 9.17) is 11.6 Å². The van der Waals surface area contributed by atoms with Crippen LogP contribution in [0.1, 0.15) is 16.2 Å². The van der Waals surface area contributed by atoms with Gasteiger partial charge in [0.1, 0.15) is 10.8 Å². The minimum atomic E-state index is -0.562. The molecule has 0 spiro atoms. The van der Waals surface area contributed by atoms with Gasteiger partial charge in [-0.3, -0.25) is 9.48 Å². The van der Waals surface area contributed by atoms with Gasteiger partial charge in [0, 0.05) is 18.6 Å². The molecule has 0 atom stereocenters. The molecule has 4 rings (SSSR count). The summed E-state index contributed by atoms with van der Waals surface area (Å²) in [4.78, 5) is 20.3. The highest BCUT2D eigenvalue weighted by molar-refractivity contribution is 6.33. The fraction of sp³-hybridized carbons (Fsp3) is 0.0625. The standard InChI is InChI=1S/C16H11ClFN7O/c17-12-9-24(8-10-3-1-4-11(18)7-10)22-13(12)20-15(26)14-21-16-19-5-2-6-25(16)23-14/h1-7,9H,8H2,(H,20,22,26). The Morgan fingerprint density at radius 3 is 2.96 bits per heavy atom. The predicted molar refractivity (Wildman–Crippen MR) is 91.5 cm³/mol. The van der Waals surface area contributed by atoms with Crippen LogP contribution in [0.5, 0.6) is 0 Å². The number of anilines is 1. The number of nitrogens with zero attached hydrogens (tertiary/aromatic N) is 6. The molecule has 8 nitrogen and oxygen atoms in total. The Kier molecular flexibility index (Phi) is 4.05. The van der Waals surface area contributed by atoms with Crippen molar-refractivity contribution in [3.63, 3.8) is 0 Å². The number of rotatable bonds is 4. The second-order valence-electron chi connectivity index (χ2n) is 5.41. The van der Waals surface area contributed by atoms with Crippen molar-refractivity contribution in [2.24, 2.45) is 0 Å². The third-order valence-corrected chi connectivity index (χ3v) is 3.78. The molecule has 4 aromatic rings. The lowest BCUT2D eigenvalue weighted by Gasteiger charge is -2.02. The van der Waals surface area contributed by atoms with Crippen molar-refractivity contribution >= 4 is 29.1 Å². The number of hydrogen-bond acceptors (Lipinski definition) is 5. The summed E-state index contributed by atoms with van der Waals surface area (Å²) in [5.74, 6) is -0.478. The molecule has 0 unspecified atom stereocenters. The average molecular weight is 372 g/mol. The van der Waals surface area contributed by atoms with Gasteiger partial charge >= 0.3 is 0 Å². The van der Waals surface area contributed by atoms with Crippen molar-refractivity contribution in [1.82, 2.24) is 29.4 Å². The van der Waals surface area contributed by atoms with E-state index in [1.165, 1.54) is 21.3 Å². The Hall–Kier alpha value is -3.33. The zero-order valence-electron chi connectivity index (χ0n) is 13.2. The first-order chi connectivity index (χ1) is 12.6. The number of carbonyl (C=O) groups is 1. The summed E-state index contributed by atoms with van der Waals surface area (Å²) in [6.07, 6.45) is 4.73. The molecule has 1 N–H and O–H groups in total. The minimum absolute atomic E-state index is 0.0561. The van der Waals surface area contributed by atoms with Gasteiger partial charge in [0.15, 0.2) is 5.82 Å². The molecule has 0 aliphatic heterocycles. The highest BCUT2D eigenvalue weighted by atomic mass is 35.5. The summed E-state index contributed by atoms with van der Waals surface area (Å²) >= 11 is 6.12. The van der Waals surface area contributed by atoms with Gasteiger partial charge in [-0.05, 0) is 23.8 Å². The van der Waals surface area contributed by atoms with E-state index < -0.39 is 5.91 Å². The molecular weight excluding hydrogens is 361 g/mol. The van der Waals surface area contributed by atoms with Gasteiger partial charge in [0.05, 0.1) is 6.54 Å². The second kappa shape index (κ2) is 6.52. The Morgan fingerprint density at radius 1 is 1.27 bits per heavy atom. The molecule has 10 heteroatoms. The van der Waals surface area contributed by atoms with Crippen LogP contribution in [0, 0.1) is 5.82 Å². The first-order valence-corrected chi connectivity index (χ1v) is 7.92. The molecule has 1 aromatic carbocycles. The molecule has 26 heavy (non-hydrogen) atoms. The number of halogens is 2. The largest absolute Gasteiger partial charge is 0.301 e. The van der Waals surface area contributed by atoms with Crippen molar-refractivity contribution in [3.05, 3.63) is 71.2 Å². The zero-order valence-corrected chi connectivity index (χ0v) is 13.9. The fourth-order valence-electron chi connectivity index (χ4n) is 2.38. The molecule has 0 aliphatic rings. The summed E-state index contributed by atoms with van der Waals surface area (Å²) in [5, 5.41) is 11.0. The van der Waals surface area contributed by atoms with Crippen molar-refractivity contribution < 1.29 is 9.18 Å². The maximum atomic E-state index is 13.3. The van der Waals surface area contributed by atoms with Crippen LogP contribution in [-0.2, 0) is 6.54 Å². The predicted octanol–water partition coefficient (Wildman–Crippen LogP) is 2.41. The number of fused-ring (bicyclic) bond motifs is 1. The van der Waals surface area contributed by atoms with Crippen molar-refractivity contribution in [2.45, 2.75) is 6.54 Å². The Bertz CT molecular complexity index is 1070. The SMILES string of the molecule is O=C(Nc1nn(Cc2cccc(F)c2)cc1Cl)c1nc2ncccn2n1. The summed E-state index contributed by atoms with van der Waals surface area (Å²) in [5.41, 5.74) is 0.718. The van der Waals surface area contributed by atoms with Gasteiger partial charge in [-0.25, -0.2) is 13.9 Å². The third-order valence-electron chi connectivity index (χ3n) is 3.50. The van der Waals surface area contributed by atoms with E-state index in [9.17, 15) is 9.18 Å². The van der Waals surface area contributed by atoms with Gasteiger partial charge in [-0.2, -0.15) is 10.1 Å². The van der Waals surface area contributed by atoms with Gasteiger partial charge in [0.25, 0.3) is 11.7 Å². The monoisotopic (exact) mass is 371 g/mol. The van der Waals surface area contributed by atoms with E-state index in [1.807, 2.05) is 0 Å². The quantitative estimate of drug-likeness (QED) is 0.595. The maximum Gasteiger partial charge on any atom is 0.296 e. The van der Waals surface area contributed by atoms with Gasteiger partial charge in [-0.1, -0.05) is 23.7 Å². The molecule has 0 saturated carbocycles. The number of nitrogens with one attached hydrogen (secondary N) is 1. The third kappa shape index (κ3) is 3.24. The Balaban J connectivity index is 1.52. The number of carbonyl (C=O) groups excluding carboxylic acids is 1. The lowest BCUT2D eigenvalue weighted by atomic mass is 10.2. The molecule has 3 heterocycles. The van der Waals surface area contributed by atoms with Crippen LogP contribution in [0.2, 0.25) is 5.02 Å². The van der Waals surface area contributed by atoms with Crippen LogP contribution in [0.25, 0.3) is 5.78 Å². The average Bonchev–Trinajstić information content (AvgIpc) is 3.18. The molecule has 1 amide bonds. The number of benzene rings is 1. The van der Waals surface area contributed by atoms with Crippen LogP contribution in [-0.4, -0.2) is 35.3 Å². The number of aromatic nitrogens is 6. The summed E-state index contributed by atoms with van der Waals surface area (Å²) in [6.45, 7) is 0.309. The van der Waals surface area contributed by atoms with Crippen molar-refractivity contribution in [3.8, 4) is 0 Å². The van der Waals surface area contributed by atoms with E-state index in [-0.39, 0.29) is 22.5 Å². The van der Waals surface area contributed by atoms with Crippen LogP contribution >= 0.6 is 11.6 Å². The van der Waals surface area contributed by atoms with E-state index >= 15 is 0 Å². The number of hydrogen-bond donors (Lipinski definition) is 1. The Labute approximate surface area is 151 Å². The molecule has 0 saturated heterocycles. The Morgan fingerprint density at radius 2 is 2.15 bits per heavy atom. The summed E-state index contributed by atoms with van der Waals surface area (Å²) in [7, 11) is 0. The van der Waals surface area contributed by atoms with E-state index in [0.717, 1.165) is 5.56 Å². The van der Waals surface area contributed by atoms with Crippen molar-refractivity contribution in [1.29, 1.82) is 0 Å². The smallest absolute Gasteiger partial charge is 0.296 e. The van der Waals surface area contributed by atoms with Gasteiger partial charge in [0.2, 0.25) is 5.82 Å². The zero-order chi connectivity index (χ0) is 18.1. The summed E-state index contributed by atoms with van der Waals surface area (Å²) in [6, 6.07) is 7.82. The van der Waals surface area contributed by atoms with Crippen molar-refractivity contribution in [2.75, 3.05) is 5.32 Å². The molecule has 0 fully saturated rings. The minimum Gasteiger partial charge on any atom is -0.301 e. The van der Waals surface area contributed by atoms with Crippen LogP contribution in [0.3, 0.4) is 0 Å². The highest BCUT2D eigenvalue weighted by Gasteiger charge is 2.17. The molecule has 130 valence electrons. The van der Waals surface area contributed by atoms with Crippen LogP contribution in [0.15, 0.2) is 48.9 Å². The molecule has 0 bridgehead atoms. The van der Waals surface area contributed by atoms with Gasteiger partial charge < -0.3 is 5.32 Å². The second-order valence-corrected chi connectivity index (χ2v) is 5.81. The first-order valence-electron chi connectivity index (χ1n) is 7.54. The van der Waals surface area contributed by atoms with E-state index in [2.05, 4.69) is 25.5 Å².